The van der Waals surface area contributed by atoms with Crippen LogP contribution in [0.5, 0.6) is 11.5 Å². The second-order valence-electron chi connectivity index (χ2n) is 9.05. The minimum Gasteiger partial charge on any atom is -0.449 e. The molecule has 0 N–H and O–H groups in total. The van der Waals surface area contributed by atoms with Crippen LogP contribution >= 0.6 is 0 Å². The Balaban J connectivity index is 1.99. The van der Waals surface area contributed by atoms with Gasteiger partial charge in [0.2, 0.25) is 11.3 Å². The first-order valence-electron chi connectivity index (χ1n) is 10.4. The fourth-order valence-electron chi connectivity index (χ4n) is 4.76. The number of aryl methyl sites for hydroxylation is 2. The summed E-state index contributed by atoms with van der Waals surface area (Å²) in [7, 11) is 2.12. The lowest BCUT2D eigenvalue weighted by atomic mass is 9.83. The molecule has 0 saturated heterocycles. The van der Waals surface area contributed by atoms with Gasteiger partial charge in [0.1, 0.15) is 12.8 Å². The Labute approximate surface area is 177 Å². The Hall–Kier alpha value is -3.38. The number of hydrogen-bond acceptors (Lipinski definition) is 2. The normalized spacial score (nSPS) is 12.5. The highest BCUT2D eigenvalue weighted by Crippen LogP contribution is 2.50. The van der Waals surface area contributed by atoms with Crippen LogP contribution in [0, 0.1) is 30.6 Å². The summed E-state index contributed by atoms with van der Waals surface area (Å²) in [6, 6.07) is 19.4. The summed E-state index contributed by atoms with van der Waals surface area (Å²) < 4.78 is 8.88. The van der Waals surface area contributed by atoms with Gasteiger partial charge in [-0.05, 0) is 62.8 Å². The van der Waals surface area contributed by atoms with Crippen molar-refractivity contribution >= 4 is 21.7 Å². The first-order valence-corrected chi connectivity index (χ1v) is 10.4. The number of pyridine rings is 1. The molecule has 0 bridgehead atoms. The lowest BCUT2D eigenvalue weighted by Gasteiger charge is -2.26. The maximum absolute atomic E-state index is 9.75. The van der Waals surface area contributed by atoms with Crippen LogP contribution in [0.1, 0.15) is 30.5 Å². The van der Waals surface area contributed by atoms with Crippen molar-refractivity contribution in [3.63, 3.8) is 0 Å². The van der Waals surface area contributed by atoms with E-state index in [4.69, 9.17) is 4.74 Å². The lowest BCUT2D eigenvalue weighted by Crippen LogP contribution is -2.35. The summed E-state index contributed by atoms with van der Waals surface area (Å²) in [4.78, 5) is 0. The van der Waals surface area contributed by atoms with Crippen molar-refractivity contribution in [2.24, 2.45) is 12.5 Å². The van der Waals surface area contributed by atoms with Crippen LogP contribution < -0.4 is 9.30 Å². The van der Waals surface area contributed by atoms with Gasteiger partial charge in [0.15, 0.2) is 0 Å². The van der Waals surface area contributed by atoms with Crippen LogP contribution in [0.4, 0.5) is 0 Å². The number of para-hydroxylation sites is 1. The number of hydrogen-bond donors (Lipinski definition) is 0. The third-order valence-electron chi connectivity index (χ3n) is 6.43. The van der Waals surface area contributed by atoms with Crippen LogP contribution in [0.25, 0.3) is 32.9 Å². The average molecular weight is 394 g/mol. The van der Waals surface area contributed by atoms with Crippen molar-refractivity contribution in [2.75, 3.05) is 0 Å². The lowest BCUT2D eigenvalue weighted by molar-refractivity contribution is -0.633. The molecule has 1 aliphatic rings. The van der Waals surface area contributed by atoms with Crippen molar-refractivity contribution in [1.82, 2.24) is 0 Å². The molecule has 0 aliphatic carbocycles. The highest BCUT2D eigenvalue weighted by Gasteiger charge is 2.36. The minimum absolute atomic E-state index is 0.492. The predicted molar refractivity (Wildman–Crippen MR) is 121 cm³/mol. The van der Waals surface area contributed by atoms with Crippen LogP contribution in [0.15, 0.2) is 48.5 Å². The van der Waals surface area contributed by atoms with E-state index in [9.17, 15) is 5.26 Å². The molecule has 148 valence electrons. The molecule has 3 nitrogen and oxygen atoms in total. The molecule has 1 aliphatic heterocycles. The summed E-state index contributed by atoms with van der Waals surface area (Å²) in [5.41, 5.74) is 6.65. The Morgan fingerprint density at radius 2 is 1.83 bits per heavy atom. The van der Waals surface area contributed by atoms with Crippen LogP contribution in [0.2, 0.25) is 0 Å². The molecule has 2 heterocycles. The first-order chi connectivity index (χ1) is 14.3. The Morgan fingerprint density at radius 1 is 1.07 bits per heavy atom. The van der Waals surface area contributed by atoms with E-state index in [1.165, 1.54) is 27.5 Å². The third kappa shape index (κ3) is 2.53. The molecule has 0 spiro atoms. The van der Waals surface area contributed by atoms with E-state index in [0.29, 0.717) is 6.42 Å². The monoisotopic (exact) mass is 393 g/mol. The second-order valence-corrected chi connectivity index (χ2v) is 9.05. The van der Waals surface area contributed by atoms with E-state index >= 15 is 0 Å². The average Bonchev–Trinajstić information content (AvgIpc) is 2.74. The molecule has 5 rings (SSSR count). The van der Waals surface area contributed by atoms with E-state index in [1.54, 1.807) is 0 Å². The van der Waals surface area contributed by atoms with Gasteiger partial charge < -0.3 is 4.74 Å². The predicted octanol–water partition coefficient (Wildman–Crippen LogP) is 6.30. The van der Waals surface area contributed by atoms with Gasteiger partial charge in [0, 0.05) is 17.0 Å². The Kier molecular flexibility index (Phi) is 3.92. The van der Waals surface area contributed by atoms with Gasteiger partial charge in [0.25, 0.3) is 5.69 Å². The molecule has 30 heavy (non-hydrogen) atoms. The number of rotatable bonds is 2. The van der Waals surface area contributed by atoms with Crippen molar-refractivity contribution in [1.29, 1.82) is 5.26 Å². The molecule has 0 atom stereocenters. The number of ether oxygens (including phenoxy) is 1. The zero-order chi connectivity index (χ0) is 21.2. The summed E-state index contributed by atoms with van der Waals surface area (Å²) in [5.74, 6) is 1.78. The van der Waals surface area contributed by atoms with Crippen molar-refractivity contribution in [3.8, 4) is 28.8 Å². The molecule has 0 fully saturated rings. The topological polar surface area (TPSA) is 36.9 Å². The molecular weight excluding hydrogens is 368 g/mol. The van der Waals surface area contributed by atoms with Crippen molar-refractivity contribution in [3.05, 3.63) is 65.2 Å². The standard InChI is InChI=1S/C27H25N2O/c1-16-13-18-9-8-12-22-24(18)23(17(16)2)25-26(30-22)20(14-27(3,4)15-28)19-10-6-7-11-21(19)29(25)5/h6-13H,14H2,1-5H3/q+1. The maximum atomic E-state index is 9.75. The van der Waals surface area contributed by atoms with Gasteiger partial charge >= 0.3 is 0 Å². The third-order valence-corrected chi connectivity index (χ3v) is 6.43. The first kappa shape index (κ1) is 18.6. The molecule has 0 amide bonds. The van der Waals surface area contributed by atoms with E-state index < -0.39 is 5.41 Å². The fourth-order valence-corrected chi connectivity index (χ4v) is 4.76. The number of nitrogens with zero attached hydrogens (tertiary/aromatic N) is 2. The largest absolute Gasteiger partial charge is 0.449 e. The molecule has 3 aromatic carbocycles. The smallest absolute Gasteiger partial charge is 0.257 e. The zero-order valence-corrected chi connectivity index (χ0v) is 18.1. The van der Waals surface area contributed by atoms with Gasteiger partial charge in [-0.1, -0.05) is 30.3 Å². The van der Waals surface area contributed by atoms with Gasteiger partial charge in [0.05, 0.1) is 22.4 Å². The van der Waals surface area contributed by atoms with Crippen LogP contribution in [-0.4, -0.2) is 0 Å². The van der Waals surface area contributed by atoms with E-state index in [1.807, 2.05) is 13.8 Å². The molecular formula is C27H25N2O+. The van der Waals surface area contributed by atoms with E-state index in [0.717, 1.165) is 33.7 Å². The highest BCUT2D eigenvalue weighted by molar-refractivity contribution is 6.05. The van der Waals surface area contributed by atoms with Gasteiger partial charge in [-0.15, -0.1) is 0 Å². The molecule has 3 heteroatoms. The highest BCUT2D eigenvalue weighted by atomic mass is 16.5. The Morgan fingerprint density at radius 3 is 2.60 bits per heavy atom. The van der Waals surface area contributed by atoms with Gasteiger partial charge in [-0.3, -0.25) is 0 Å². The molecule has 4 aromatic rings. The van der Waals surface area contributed by atoms with Gasteiger partial charge in [-0.25, -0.2) is 0 Å². The minimum atomic E-state index is -0.492. The quantitative estimate of drug-likeness (QED) is 0.330. The summed E-state index contributed by atoms with van der Waals surface area (Å²) in [5, 5.41) is 13.3. The summed E-state index contributed by atoms with van der Waals surface area (Å²) in [6.07, 6.45) is 0.628. The number of nitriles is 1. The zero-order valence-electron chi connectivity index (χ0n) is 18.1. The molecule has 0 unspecified atom stereocenters. The molecule has 0 radical (unpaired) electrons. The summed E-state index contributed by atoms with van der Waals surface area (Å²) >= 11 is 0. The van der Waals surface area contributed by atoms with Crippen LogP contribution in [-0.2, 0) is 13.5 Å². The number of aromatic nitrogens is 1. The van der Waals surface area contributed by atoms with Gasteiger partial charge in [-0.2, -0.15) is 9.83 Å². The van der Waals surface area contributed by atoms with Crippen molar-refractivity contribution in [2.45, 2.75) is 34.1 Å². The second kappa shape index (κ2) is 6.31. The number of benzene rings is 3. The fraction of sp³-hybridized carbons (Fsp3) is 0.259. The van der Waals surface area contributed by atoms with Crippen LogP contribution in [0.3, 0.4) is 0 Å². The molecule has 1 aromatic heterocycles. The Bertz CT molecular complexity index is 1410. The van der Waals surface area contributed by atoms with E-state index in [2.05, 4.69) is 80.1 Å². The summed E-state index contributed by atoms with van der Waals surface area (Å²) in [6.45, 7) is 8.36. The number of fused-ring (bicyclic) bond motifs is 3. The molecule has 0 saturated carbocycles. The maximum Gasteiger partial charge on any atom is 0.257 e. The van der Waals surface area contributed by atoms with E-state index in [-0.39, 0.29) is 0 Å². The van der Waals surface area contributed by atoms with Crippen molar-refractivity contribution < 1.29 is 9.30 Å². The SMILES string of the molecule is Cc1cc2cccc3c2c(c1C)-c1c(c(CC(C)(C)C#N)c2ccccc2[n+]1C)O3.